The van der Waals surface area contributed by atoms with Crippen molar-refractivity contribution in [1.82, 2.24) is 15.5 Å². The number of anilines is 1. The van der Waals surface area contributed by atoms with E-state index >= 15 is 0 Å². The van der Waals surface area contributed by atoms with E-state index in [1.54, 1.807) is 14.2 Å². The highest BCUT2D eigenvalue weighted by Gasteiger charge is 2.21. The first-order valence-electron chi connectivity index (χ1n) is 10.4. The van der Waals surface area contributed by atoms with Gasteiger partial charge in [-0.05, 0) is 36.8 Å². The number of hydrogen-bond acceptors (Lipinski definition) is 4. The maximum Gasteiger partial charge on any atom is 0.251 e. The van der Waals surface area contributed by atoms with Gasteiger partial charge in [0.2, 0.25) is 0 Å². The van der Waals surface area contributed by atoms with Crippen LogP contribution in [0.1, 0.15) is 22.8 Å². The van der Waals surface area contributed by atoms with Gasteiger partial charge < -0.3 is 25.2 Å². The highest BCUT2D eigenvalue weighted by molar-refractivity contribution is 5.94. The number of nitrogens with zero attached hydrogens (tertiary/aromatic N) is 3. The lowest BCUT2D eigenvalue weighted by Gasteiger charge is -2.38. The predicted molar refractivity (Wildman–Crippen MR) is 121 cm³/mol. The number of carbonyl (C=O) groups is 1. The Hall–Kier alpha value is -3.22. The van der Waals surface area contributed by atoms with Crippen molar-refractivity contribution < 1.29 is 9.53 Å². The van der Waals surface area contributed by atoms with Crippen molar-refractivity contribution in [3.63, 3.8) is 0 Å². The molecule has 160 valence electrons. The number of carbonyl (C=O) groups excluding carboxylic acids is 1. The first-order chi connectivity index (χ1) is 14.7. The van der Waals surface area contributed by atoms with Crippen LogP contribution in [0.2, 0.25) is 0 Å². The van der Waals surface area contributed by atoms with Gasteiger partial charge in [0.05, 0.1) is 12.8 Å². The van der Waals surface area contributed by atoms with Gasteiger partial charge in [-0.15, -0.1) is 0 Å². The summed E-state index contributed by atoms with van der Waals surface area (Å²) in [5, 5.41) is 6.27. The van der Waals surface area contributed by atoms with Crippen LogP contribution >= 0.6 is 0 Å². The van der Waals surface area contributed by atoms with Crippen molar-refractivity contribution in [2.24, 2.45) is 4.99 Å². The van der Waals surface area contributed by atoms with Gasteiger partial charge in [0, 0.05) is 51.9 Å². The number of methoxy groups -OCH3 is 1. The number of para-hydroxylation sites is 2. The third-order valence-corrected chi connectivity index (χ3v) is 5.19. The van der Waals surface area contributed by atoms with Crippen molar-refractivity contribution in [1.29, 1.82) is 0 Å². The van der Waals surface area contributed by atoms with E-state index in [1.807, 2.05) is 49.4 Å². The number of nitrogens with one attached hydrogen (secondary N) is 2. The molecule has 0 atom stereocenters. The average Bonchev–Trinajstić information content (AvgIpc) is 2.80. The number of aliphatic imine (C=N–C) groups is 1. The number of benzene rings is 2. The Bertz CT molecular complexity index is 875. The second-order valence-corrected chi connectivity index (χ2v) is 7.11. The number of guanidine groups is 1. The fourth-order valence-electron chi connectivity index (χ4n) is 3.65. The number of hydrogen-bond donors (Lipinski definition) is 2. The van der Waals surface area contributed by atoms with Crippen LogP contribution in [0.15, 0.2) is 53.5 Å². The molecule has 0 radical (unpaired) electrons. The molecule has 1 heterocycles. The average molecular weight is 410 g/mol. The van der Waals surface area contributed by atoms with E-state index < -0.39 is 0 Å². The van der Waals surface area contributed by atoms with Crippen molar-refractivity contribution in [3.8, 4) is 5.75 Å². The molecule has 0 aliphatic carbocycles. The minimum absolute atomic E-state index is 0.0452. The molecular formula is C23H31N5O2. The highest BCUT2D eigenvalue weighted by Crippen LogP contribution is 2.28. The third-order valence-electron chi connectivity index (χ3n) is 5.19. The van der Waals surface area contributed by atoms with Crippen LogP contribution in [0.3, 0.4) is 0 Å². The van der Waals surface area contributed by atoms with Gasteiger partial charge in [-0.1, -0.05) is 24.3 Å². The second-order valence-electron chi connectivity index (χ2n) is 7.11. The van der Waals surface area contributed by atoms with E-state index in [-0.39, 0.29) is 5.91 Å². The summed E-state index contributed by atoms with van der Waals surface area (Å²) in [6.07, 6.45) is 0. The van der Waals surface area contributed by atoms with Crippen LogP contribution in [0, 0.1) is 0 Å². The lowest BCUT2D eigenvalue weighted by Crippen LogP contribution is -2.52. The largest absolute Gasteiger partial charge is 0.495 e. The summed E-state index contributed by atoms with van der Waals surface area (Å²) in [6, 6.07) is 15.8. The molecule has 0 spiro atoms. The summed E-state index contributed by atoms with van der Waals surface area (Å²) >= 11 is 0. The summed E-state index contributed by atoms with van der Waals surface area (Å²) in [6.45, 7) is 6.69. The maximum absolute atomic E-state index is 12.1. The zero-order valence-electron chi connectivity index (χ0n) is 18.0. The lowest BCUT2D eigenvalue weighted by molar-refractivity contribution is 0.0955. The molecule has 0 saturated carbocycles. The van der Waals surface area contributed by atoms with Crippen molar-refractivity contribution >= 4 is 17.6 Å². The number of piperazine rings is 1. The van der Waals surface area contributed by atoms with Gasteiger partial charge >= 0.3 is 0 Å². The minimum atomic E-state index is -0.0452. The zero-order chi connectivity index (χ0) is 21.3. The van der Waals surface area contributed by atoms with Gasteiger partial charge in [-0.3, -0.25) is 9.79 Å². The first kappa shape index (κ1) is 21.5. The molecule has 1 aliphatic rings. The normalized spacial score (nSPS) is 14.4. The SMILES string of the molecule is CCNC(=O)c1cccc(CNC(=NC)N2CCN(c3ccccc3OC)CC2)c1. The standard InChI is InChI=1S/C23H31N5O2/c1-4-25-22(29)19-9-7-8-18(16-19)17-26-23(24-2)28-14-12-27(13-15-28)20-10-5-6-11-21(20)30-3/h5-11,16H,4,12-15,17H2,1-3H3,(H,24,26)(H,25,29). The van der Waals surface area contributed by atoms with Gasteiger partial charge in [-0.25, -0.2) is 0 Å². The van der Waals surface area contributed by atoms with Crippen LogP contribution in [-0.2, 0) is 6.54 Å². The quantitative estimate of drug-likeness (QED) is 0.566. The molecule has 0 aromatic heterocycles. The molecule has 7 heteroatoms. The van der Waals surface area contributed by atoms with E-state index in [1.165, 1.54) is 0 Å². The fraction of sp³-hybridized carbons (Fsp3) is 0.391. The van der Waals surface area contributed by atoms with Crippen molar-refractivity contribution in [2.45, 2.75) is 13.5 Å². The molecule has 2 N–H and O–H groups in total. The van der Waals surface area contributed by atoms with E-state index in [4.69, 9.17) is 4.74 Å². The Labute approximate surface area is 178 Å². The molecule has 2 aromatic carbocycles. The molecule has 2 aromatic rings. The highest BCUT2D eigenvalue weighted by atomic mass is 16.5. The summed E-state index contributed by atoms with van der Waals surface area (Å²) in [5.41, 5.74) is 2.86. The molecule has 7 nitrogen and oxygen atoms in total. The topological polar surface area (TPSA) is 69.2 Å². The first-order valence-corrected chi connectivity index (χ1v) is 10.4. The number of amides is 1. The Kier molecular flexibility index (Phi) is 7.54. The maximum atomic E-state index is 12.1. The number of rotatable bonds is 6. The second kappa shape index (κ2) is 10.5. The molecular weight excluding hydrogens is 378 g/mol. The summed E-state index contributed by atoms with van der Waals surface area (Å²) in [4.78, 5) is 21.1. The third kappa shape index (κ3) is 5.23. The van der Waals surface area contributed by atoms with Crippen molar-refractivity contribution in [3.05, 3.63) is 59.7 Å². The zero-order valence-corrected chi connectivity index (χ0v) is 18.0. The molecule has 0 bridgehead atoms. The molecule has 30 heavy (non-hydrogen) atoms. The molecule has 1 saturated heterocycles. The predicted octanol–water partition coefficient (Wildman–Crippen LogP) is 2.34. The van der Waals surface area contributed by atoms with Crippen LogP contribution in [-0.4, -0.2) is 63.6 Å². The lowest BCUT2D eigenvalue weighted by atomic mass is 10.1. The van der Waals surface area contributed by atoms with Crippen LogP contribution < -0.4 is 20.3 Å². The Morgan fingerprint density at radius 1 is 1.07 bits per heavy atom. The van der Waals surface area contributed by atoms with Crippen molar-refractivity contribution in [2.75, 3.05) is 51.8 Å². The molecule has 1 amide bonds. The summed E-state index contributed by atoms with van der Waals surface area (Å²) < 4.78 is 5.50. The monoisotopic (exact) mass is 409 g/mol. The van der Waals surface area contributed by atoms with Crippen LogP contribution in [0.25, 0.3) is 0 Å². The van der Waals surface area contributed by atoms with E-state index in [9.17, 15) is 4.79 Å². The smallest absolute Gasteiger partial charge is 0.251 e. The molecule has 1 aliphatic heterocycles. The van der Waals surface area contributed by atoms with Gasteiger partial charge in [0.1, 0.15) is 5.75 Å². The van der Waals surface area contributed by atoms with E-state index in [0.29, 0.717) is 18.7 Å². The van der Waals surface area contributed by atoms with Gasteiger partial charge in [0.15, 0.2) is 5.96 Å². The van der Waals surface area contributed by atoms with E-state index in [0.717, 1.165) is 49.1 Å². The van der Waals surface area contributed by atoms with E-state index in [2.05, 4.69) is 31.5 Å². The summed E-state index contributed by atoms with van der Waals surface area (Å²) in [5.74, 6) is 1.73. The van der Waals surface area contributed by atoms with Gasteiger partial charge in [0.25, 0.3) is 5.91 Å². The van der Waals surface area contributed by atoms with Crippen LogP contribution in [0.5, 0.6) is 5.75 Å². The molecule has 0 unspecified atom stereocenters. The Morgan fingerprint density at radius 2 is 1.83 bits per heavy atom. The minimum Gasteiger partial charge on any atom is -0.495 e. The Balaban J connectivity index is 1.57. The summed E-state index contributed by atoms with van der Waals surface area (Å²) in [7, 11) is 3.52. The fourth-order valence-corrected chi connectivity index (χ4v) is 3.65. The number of ether oxygens (including phenoxy) is 1. The Morgan fingerprint density at radius 3 is 2.53 bits per heavy atom. The van der Waals surface area contributed by atoms with Crippen LogP contribution in [0.4, 0.5) is 5.69 Å². The van der Waals surface area contributed by atoms with Gasteiger partial charge in [-0.2, -0.15) is 0 Å². The molecule has 3 rings (SSSR count). The molecule has 1 fully saturated rings.